The molecule has 1 rings (SSSR count). The zero-order valence-corrected chi connectivity index (χ0v) is 10.00. The highest BCUT2D eigenvalue weighted by Crippen LogP contribution is 1.98. The molecule has 0 aromatic carbocycles. The van der Waals surface area contributed by atoms with Gasteiger partial charge in [-0.1, -0.05) is 6.92 Å². The van der Waals surface area contributed by atoms with E-state index in [2.05, 4.69) is 20.0 Å². The Hall–Kier alpha value is -1.21. The molecule has 16 heavy (non-hydrogen) atoms. The predicted octanol–water partition coefficient (Wildman–Crippen LogP) is 0.218. The number of sulfonamides is 1. The van der Waals surface area contributed by atoms with E-state index in [1.807, 2.05) is 6.92 Å². The lowest BCUT2D eigenvalue weighted by Crippen LogP contribution is -2.27. The molecule has 2 N–H and O–H groups in total. The van der Waals surface area contributed by atoms with Gasteiger partial charge in [-0.2, -0.15) is 0 Å². The molecule has 0 fully saturated rings. The van der Waals surface area contributed by atoms with E-state index in [1.54, 1.807) is 6.07 Å². The average molecular weight is 244 g/mol. The highest BCUT2D eigenvalue weighted by molar-refractivity contribution is 7.92. The van der Waals surface area contributed by atoms with Crippen molar-refractivity contribution in [2.45, 2.75) is 13.3 Å². The summed E-state index contributed by atoms with van der Waals surface area (Å²) in [6, 6.07) is 1.63. The zero-order valence-electron chi connectivity index (χ0n) is 9.18. The lowest BCUT2D eigenvalue weighted by atomic mass is 10.5. The standard InChI is InChI=1S/C9H16N4O2S/c1-2-4-10-7-8-16(14,15)13-9-11-5-3-6-12-9/h3,5-6,10H,2,4,7-8H2,1H3,(H,11,12,13). The van der Waals surface area contributed by atoms with Crippen LogP contribution >= 0.6 is 0 Å². The second-order valence-electron chi connectivity index (χ2n) is 3.24. The van der Waals surface area contributed by atoms with Crippen molar-refractivity contribution in [2.75, 3.05) is 23.6 Å². The van der Waals surface area contributed by atoms with Crippen molar-refractivity contribution in [2.24, 2.45) is 0 Å². The first-order valence-electron chi connectivity index (χ1n) is 5.12. The first kappa shape index (κ1) is 12.9. The first-order chi connectivity index (χ1) is 7.64. The SMILES string of the molecule is CCCNCCS(=O)(=O)Nc1ncccn1. The van der Waals surface area contributed by atoms with Crippen LogP contribution in [0.25, 0.3) is 0 Å². The number of hydrogen-bond donors (Lipinski definition) is 2. The summed E-state index contributed by atoms with van der Waals surface area (Å²) in [6.45, 7) is 3.27. The normalized spacial score (nSPS) is 11.3. The van der Waals surface area contributed by atoms with Crippen molar-refractivity contribution < 1.29 is 8.42 Å². The fraction of sp³-hybridized carbons (Fsp3) is 0.556. The van der Waals surface area contributed by atoms with Gasteiger partial charge in [0.25, 0.3) is 0 Å². The predicted molar refractivity (Wildman–Crippen MR) is 62.6 cm³/mol. The van der Waals surface area contributed by atoms with E-state index in [0.717, 1.165) is 13.0 Å². The van der Waals surface area contributed by atoms with Crippen molar-refractivity contribution in [3.8, 4) is 0 Å². The van der Waals surface area contributed by atoms with Gasteiger partial charge < -0.3 is 5.32 Å². The third-order valence-corrected chi connectivity index (χ3v) is 3.02. The summed E-state index contributed by atoms with van der Waals surface area (Å²) in [4.78, 5) is 7.57. The molecule has 0 bridgehead atoms. The summed E-state index contributed by atoms with van der Waals surface area (Å²) in [5, 5.41) is 3.02. The minimum Gasteiger partial charge on any atom is -0.316 e. The smallest absolute Gasteiger partial charge is 0.236 e. The van der Waals surface area contributed by atoms with Crippen LogP contribution in [0.2, 0.25) is 0 Å². The maximum absolute atomic E-state index is 11.5. The Labute approximate surface area is 95.6 Å². The van der Waals surface area contributed by atoms with Crippen LogP contribution in [0.5, 0.6) is 0 Å². The van der Waals surface area contributed by atoms with E-state index in [9.17, 15) is 8.42 Å². The molecule has 7 heteroatoms. The molecule has 0 atom stereocenters. The molecule has 90 valence electrons. The highest BCUT2D eigenvalue weighted by atomic mass is 32.2. The number of hydrogen-bond acceptors (Lipinski definition) is 5. The first-order valence-corrected chi connectivity index (χ1v) is 6.77. The van der Waals surface area contributed by atoms with Crippen molar-refractivity contribution in [1.29, 1.82) is 0 Å². The zero-order chi connectivity index (χ0) is 11.9. The molecule has 1 heterocycles. The van der Waals surface area contributed by atoms with Crippen LogP contribution in [0.3, 0.4) is 0 Å². The van der Waals surface area contributed by atoms with Crippen molar-refractivity contribution in [1.82, 2.24) is 15.3 Å². The Morgan fingerprint density at radius 3 is 2.56 bits per heavy atom. The molecule has 1 aromatic rings. The molecule has 0 saturated carbocycles. The molecule has 0 radical (unpaired) electrons. The van der Waals surface area contributed by atoms with E-state index in [-0.39, 0.29) is 11.7 Å². The molecule has 0 aliphatic carbocycles. The Morgan fingerprint density at radius 1 is 1.25 bits per heavy atom. The van der Waals surface area contributed by atoms with Gasteiger partial charge in [0.2, 0.25) is 16.0 Å². The van der Waals surface area contributed by atoms with Crippen molar-refractivity contribution in [3.05, 3.63) is 18.5 Å². The number of anilines is 1. The van der Waals surface area contributed by atoms with E-state index >= 15 is 0 Å². The van der Waals surface area contributed by atoms with Crippen molar-refractivity contribution in [3.63, 3.8) is 0 Å². The minimum absolute atomic E-state index is 0.0191. The quantitative estimate of drug-likeness (QED) is 0.670. The topological polar surface area (TPSA) is 84.0 Å². The number of rotatable bonds is 7. The fourth-order valence-corrected chi connectivity index (χ4v) is 1.95. The van der Waals surface area contributed by atoms with Crippen molar-refractivity contribution >= 4 is 16.0 Å². The van der Waals surface area contributed by atoms with Gasteiger partial charge in [-0.25, -0.2) is 18.4 Å². The lowest BCUT2D eigenvalue weighted by Gasteiger charge is -2.06. The molecule has 6 nitrogen and oxygen atoms in total. The molecular formula is C9H16N4O2S. The van der Waals surface area contributed by atoms with E-state index in [0.29, 0.717) is 6.54 Å². The van der Waals surface area contributed by atoms with E-state index in [1.165, 1.54) is 12.4 Å². The third kappa shape index (κ3) is 5.04. The largest absolute Gasteiger partial charge is 0.316 e. The van der Waals surface area contributed by atoms with Crippen LogP contribution in [0.15, 0.2) is 18.5 Å². The van der Waals surface area contributed by atoms with Gasteiger partial charge in [-0.15, -0.1) is 0 Å². The van der Waals surface area contributed by atoms with Crippen LogP contribution in [0, 0.1) is 0 Å². The number of aromatic nitrogens is 2. The summed E-state index contributed by atoms with van der Waals surface area (Å²) >= 11 is 0. The van der Waals surface area contributed by atoms with Gasteiger partial charge in [0.05, 0.1) is 5.75 Å². The Kier molecular flexibility index (Phi) is 5.13. The minimum atomic E-state index is -3.35. The Morgan fingerprint density at radius 2 is 1.94 bits per heavy atom. The summed E-state index contributed by atoms with van der Waals surface area (Å²) in [5.41, 5.74) is 0. The molecule has 1 aromatic heterocycles. The van der Waals surface area contributed by atoms with Gasteiger partial charge in [-0.05, 0) is 19.0 Å². The molecule has 0 spiro atoms. The van der Waals surface area contributed by atoms with E-state index in [4.69, 9.17) is 0 Å². The summed E-state index contributed by atoms with van der Waals surface area (Å²) in [7, 11) is -3.35. The summed E-state index contributed by atoms with van der Waals surface area (Å²) in [5.74, 6) is 0.128. The van der Waals surface area contributed by atoms with Crippen LogP contribution in [0.1, 0.15) is 13.3 Å². The van der Waals surface area contributed by atoms with Gasteiger partial charge in [0.15, 0.2) is 0 Å². The third-order valence-electron chi connectivity index (χ3n) is 1.79. The molecule has 0 aliphatic heterocycles. The summed E-state index contributed by atoms with van der Waals surface area (Å²) in [6.07, 6.45) is 3.95. The fourth-order valence-electron chi connectivity index (χ4n) is 1.05. The molecule has 0 aliphatic rings. The van der Waals surface area contributed by atoms with Gasteiger partial charge in [0, 0.05) is 18.9 Å². The van der Waals surface area contributed by atoms with Crippen LogP contribution in [-0.2, 0) is 10.0 Å². The van der Waals surface area contributed by atoms with Crippen LogP contribution < -0.4 is 10.0 Å². The molecular weight excluding hydrogens is 228 g/mol. The number of nitrogens with one attached hydrogen (secondary N) is 2. The van der Waals surface area contributed by atoms with Crippen LogP contribution in [-0.4, -0.2) is 37.2 Å². The van der Waals surface area contributed by atoms with Crippen LogP contribution in [0.4, 0.5) is 5.95 Å². The molecule has 0 unspecified atom stereocenters. The highest BCUT2D eigenvalue weighted by Gasteiger charge is 2.10. The molecule has 0 amide bonds. The Balaban J connectivity index is 2.40. The van der Waals surface area contributed by atoms with Gasteiger partial charge in [0.1, 0.15) is 0 Å². The monoisotopic (exact) mass is 244 g/mol. The average Bonchev–Trinajstić information content (AvgIpc) is 2.25. The summed E-state index contributed by atoms with van der Waals surface area (Å²) < 4.78 is 25.4. The second-order valence-corrected chi connectivity index (χ2v) is 5.09. The molecule has 0 saturated heterocycles. The van der Waals surface area contributed by atoms with Gasteiger partial charge >= 0.3 is 0 Å². The lowest BCUT2D eigenvalue weighted by molar-refractivity contribution is 0.595. The second kappa shape index (κ2) is 6.39. The number of nitrogens with zero attached hydrogens (tertiary/aromatic N) is 2. The Bertz CT molecular complexity index is 393. The van der Waals surface area contributed by atoms with Gasteiger partial charge in [-0.3, -0.25) is 4.72 Å². The van der Waals surface area contributed by atoms with E-state index < -0.39 is 10.0 Å². The maximum Gasteiger partial charge on any atom is 0.236 e. The maximum atomic E-state index is 11.5.